The van der Waals surface area contributed by atoms with Crippen LogP contribution in [0.15, 0.2) is 0 Å². The lowest BCUT2D eigenvalue weighted by molar-refractivity contribution is 0.207. The average Bonchev–Trinajstić information content (AvgIpc) is 2.39. The molecule has 0 saturated carbocycles. The molecule has 0 aliphatic heterocycles. The van der Waals surface area contributed by atoms with Gasteiger partial charge in [-0.3, -0.25) is 0 Å². The van der Waals surface area contributed by atoms with Crippen molar-refractivity contribution in [3.05, 3.63) is 0 Å². The second-order valence-corrected chi connectivity index (χ2v) is 5.30. The largest absolute Gasteiger partial charge is 0.351 e. The van der Waals surface area contributed by atoms with Crippen molar-refractivity contribution < 1.29 is 4.79 Å². The van der Waals surface area contributed by atoms with Crippen LogP contribution in [0.3, 0.4) is 0 Å². The van der Waals surface area contributed by atoms with E-state index in [0.29, 0.717) is 13.1 Å². The Bertz CT molecular complexity index is 210. The molecule has 0 aliphatic rings. The van der Waals surface area contributed by atoms with Gasteiger partial charge in [0.2, 0.25) is 0 Å². The Morgan fingerprint density at radius 1 is 0.842 bits per heavy atom. The molecule has 2 amide bonds. The third-order valence-electron chi connectivity index (χ3n) is 3.49. The van der Waals surface area contributed by atoms with Gasteiger partial charge in [0.05, 0.1) is 0 Å². The maximum Gasteiger partial charge on any atom is 0.314 e. The SMILES string of the molecule is CCCCCCCCCCCCN(CCN)C(N)=O. The highest BCUT2D eigenvalue weighted by molar-refractivity contribution is 5.71. The lowest BCUT2D eigenvalue weighted by atomic mass is 10.1. The number of hydrogen-bond donors (Lipinski definition) is 2. The van der Waals surface area contributed by atoms with Crippen molar-refractivity contribution in [3.8, 4) is 0 Å². The Morgan fingerprint density at radius 2 is 1.32 bits per heavy atom. The highest BCUT2D eigenvalue weighted by atomic mass is 16.2. The fourth-order valence-corrected chi connectivity index (χ4v) is 2.28. The highest BCUT2D eigenvalue weighted by Crippen LogP contribution is 2.10. The van der Waals surface area contributed by atoms with E-state index < -0.39 is 0 Å². The number of hydrogen-bond acceptors (Lipinski definition) is 2. The molecular formula is C15H33N3O. The van der Waals surface area contributed by atoms with E-state index in [-0.39, 0.29) is 6.03 Å². The number of nitrogens with two attached hydrogens (primary N) is 2. The fraction of sp³-hybridized carbons (Fsp3) is 0.933. The maximum absolute atomic E-state index is 11.1. The molecule has 0 rings (SSSR count). The van der Waals surface area contributed by atoms with Gasteiger partial charge in [-0.1, -0.05) is 64.7 Å². The van der Waals surface area contributed by atoms with Crippen LogP contribution in [0.5, 0.6) is 0 Å². The minimum Gasteiger partial charge on any atom is -0.351 e. The topological polar surface area (TPSA) is 72.3 Å². The number of nitrogens with zero attached hydrogens (tertiary/aromatic N) is 1. The molecule has 0 aromatic carbocycles. The summed E-state index contributed by atoms with van der Waals surface area (Å²) in [4.78, 5) is 12.7. The van der Waals surface area contributed by atoms with Gasteiger partial charge in [0.25, 0.3) is 0 Å². The smallest absolute Gasteiger partial charge is 0.314 e. The molecular weight excluding hydrogens is 238 g/mol. The number of amides is 2. The Kier molecular flexibility index (Phi) is 13.1. The third kappa shape index (κ3) is 12.0. The summed E-state index contributed by atoms with van der Waals surface area (Å²) in [6.07, 6.45) is 13.0. The van der Waals surface area contributed by atoms with Crippen molar-refractivity contribution in [1.29, 1.82) is 0 Å². The van der Waals surface area contributed by atoms with Crippen molar-refractivity contribution in [1.82, 2.24) is 4.90 Å². The molecule has 4 nitrogen and oxygen atoms in total. The van der Waals surface area contributed by atoms with Crippen molar-refractivity contribution in [3.63, 3.8) is 0 Å². The van der Waals surface area contributed by atoms with Crippen LogP contribution in [-0.2, 0) is 0 Å². The van der Waals surface area contributed by atoms with E-state index in [9.17, 15) is 4.79 Å². The van der Waals surface area contributed by atoms with Crippen LogP contribution in [0.25, 0.3) is 0 Å². The molecule has 0 aliphatic carbocycles. The van der Waals surface area contributed by atoms with Crippen LogP contribution < -0.4 is 11.5 Å². The predicted molar refractivity (Wildman–Crippen MR) is 82.1 cm³/mol. The van der Waals surface area contributed by atoms with E-state index in [1.807, 2.05) is 0 Å². The first-order valence-electron chi connectivity index (χ1n) is 7.96. The van der Waals surface area contributed by atoms with Crippen molar-refractivity contribution in [2.45, 2.75) is 71.1 Å². The second kappa shape index (κ2) is 13.7. The molecule has 0 saturated heterocycles. The minimum absolute atomic E-state index is 0.346. The van der Waals surface area contributed by atoms with Gasteiger partial charge >= 0.3 is 6.03 Å². The van der Waals surface area contributed by atoms with E-state index in [2.05, 4.69) is 6.92 Å². The lowest BCUT2D eigenvalue weighted by Gasteiger charge is -2.19. The Morgan fingerprint density at radius 3 is 1.74 bits per heavy atom. The molecule has 0 spiro atoms. The van der Waals surface area contributed by atoms with Crippen molar-refractivity contribution >= 4 is 6.03 Å². The van der Waals surface area contributed by atoms with E-state index in [0.717, 1.165) is 13.0 Å². The zero-order chi connectivity index (χ0) is 14.3. The number of carbonyl (C=O) groups excluding carboxylic acids is 1. The third-order valence-corrected chi connectivity index (χ3v) is 3.49. The Labute approximate surface area is 118 Å². The summed E-state index contributed by atoms with van der Waals surface area (Å²) in [6.45, 7) is 4.07. The van der Waals surface area contributed by atoms with Crippen LogP contribution in [0.4, 0.5) is 4.79 Å². The van der Waals surface area contributed by atoms with Gasteiger partial charge in [0, 0.05) is 19.6 Å². The quantitative estimate of drug-likeness (QED) is 0.505. The number of carbonyl (C=O) groups is 1. The highest BCUT2D eigenvalue weighted by Gasteiger charge is 2.06. The van der Waals surface area contributed by atoms with E-state index >= 15 is 0 Å². The molecule has 0 atom stereocenters. The number of primary amides is 1. The van der Waals surface area contributed by atoms with Crippen molar-refractivity contribution in [2.24, 2.45) is 11.5 Å². The van der Waals surface area contributed by atoms with Gasteiger partial charge in [0.15, 0.2) is 0 Å². The van der Waals surface area contributed by atoms with Crippen LogP contribution in [-0.4, -0.2) is 30.6 Å². The summed E-state index contributed by atoms with van der Waals surface area (Å²) in [5.41, 5.74) is 10.7. The first kappa shape index (κ1) is 18.2. The monoisotopic (exact) mass is 271 g/mol. The summed E-state index contributed by atoms with van der Waals surface area (Å²) in [5.74, 6) is 0. The molecule has 0 heterocycles. The summed E-state index contributed by atoms with van der Waals surface area (Å²) in [6, 6.07) is -0.346. The second-order valence-electron chi connectivity index (χ2n) is 5.30. The summed E-state index contributed by atoms with van der Waals surface area (Å²) >= 11 is 0. The van der Waals surface area contributed by atoms with Crippen LogP contribution in [0, 0.1) is 0 Å². The Balaban J connectivity index is 3.27. The average molecular weight is 271 g/mol. The van der Waals surface area contributed by atoms with Crippen LogP contribution in [0.1, 0.15) is 71.1 Å². The summed E-state index contributed by atoms with van der Waals surface area (Å²) in [7, 11) is 0. The molecule has 114 valence electrons. The minimum atomic E-state index is -0.346. The molecule has 4 heteroatoms. The van der Waals surface area contributed by atoms with Gasteiger partial charge in [-0.25, -0.2) is 4.79 Å². The first-order chi connectivity index (χ1) is 9.22. The molecule has 0 radical (unpaired) electrons. The molecule has 4 N–H and O–H groups in total. The van der Waals surface area contributed by atoms with Gasteiger partial charge in [-0.2, -0.15) is 0 Å². The summed E-state index contributed by atoms with van der Waals surface area (Å²) < 4.78 is 0. The molecule has 0 aromatic rings. The molecule has 0 fully saturated rings. The van der Waals surface area contributed by atoms with Gasteiger partial charge in [-0.05, 0) is 6.42 Å². The fourth-order valence-electron chi connectivity index (χ4n) is 2.28. The molecule has 0 unspecified atom stereocenters. The van der Waals surface area contributed by atoms with E-state index in [4.69, 9.17) is 11.5 Å². The van der Waals surface area contributed by atoms with Crippen LogP contribution >= 0.6 is 0 Å². The first-order valence-corrected chi connectivity index (χ1v) is 7.96. The van der Waals surface area contributed by atoms with E-state index in [1.165, 1.54) is 57.8 Å². The molecule has 0 bridgehead atoms. The maximum atomic E-state index is 11.1. The summed E-state index contributed by atoms with van der Waals surface area (Å²) in [5, 5.41) is 0. The Hall–Kier alpha value is -0.770. The molecule has 19 heavy (non-hydrogen) atoms. The predicted octanol–water partition coefficient (Wildman–Crippen LogP) is 3.25. The lowest BCUT2D eigenvalue weighted by Crippen LogP contribution is -2.39. The number of urea groups is 1. The van der Waals surface area contributed by atoms with E-state index in [1.54, 1.807) is 4.90 Å². The standard InChI is InChI=1S/C15H33N3O/c1-2-3-4-5-6-7-8-9-10-11-13-18(14-12-16)15(17)19/h2-14,16H2,1H3,(H2,17,19). The van der Waals surface area contributed by atoms with Gasteiger partial charge in [0.1, 0.15) is 0 Å². The zero-order valence-corrected chi connectivity index (χ0v) is 12.7. The van der Waals surface area contributed by atoms with Crippen LogP contribution in [0.2, 0.25) is 0 Å². The zero-order valence-electron chi connectivity index (χ0n) is 12.7. The van der Waals surface area contributed by atoms with Gasteiger partial charge < -0.3 is 16.4 Å². The number of rotatable bonds is 13. The number of unbranched alkanes of at least 4 members (excludes halogenated alkanes) is 9. The van der Waals surface area contributed by atoms with Gasteiger partial charge in [-0.15, -0.1) is 0 Å². The molecule has 0 aromatic heterocycles. The van der Waals surface area contributed by atoms with Crippen molar-refractivity contribution in [2.75, 3.05) is 19.6 Å². The normalized spacial score (nSPS) is 10.6.